The van der Waals surface area contributed by atoms with E-state index in [1.165, 1.54) is 0 Å². The summed E-state index contributed by atoms with van der Waals surface area (Å²) in [5.41, 5.74) is -1.03. The Kier molecular flexibility index (Phi) is 6.59. The third kappa shape index (κ3) is 6.87. The van der Waals surface area contributed by atoms with E-state index in [9.17, 15) is 18.0 Å². The monoisotopic (exact) mass is 348 g/mol. The van der Waals surface area contributed by atoms with Crippen LogP contribution in [0, 0.1) is 5.92 Å². The fourth-order valence-corrected chi connectivity index (χ4v) is 3.85. The molecule has 134 valence electrons. The zero-order valence-electron chi connectivity index (χ0n) is 14.3. The average Bonchev–Trinajstić information content (AvgIpc) is 2.78. The van der Waals surface area contributed by atoms with Crippen molar-refractivity contribution >= 4 is 21.9 Å². The number of amides is 2. The van der Waals surface area contributed by atoms with Gasteiger partial charge in [0.05, 0.1) is 11.3 Å². The average molecular weight is 348 g/mol. The van der Waals surface area contributed by atoms with Crippen LogP contribution in [-0.4, -0.2) is 53.6 Å². The zero-order valence-corrected chi connectivity index (χ0v) is 15.1. The molecule has 0 radical (unpaired) electrons. The van der Waals surface area contributed by atoms with E-state index in [0.29, 0.717) is 12.8 Å². The van der Waals surface area contributed by atoms with Crippen LogP contribution in [0.1, 0.15) is 53.4 Å². The maximum absolute atomic E-state index is 12.2. The highest BCUT2D eigenvalue weighted by Crippen LogP contribution is 2.19. The number of nitrogens with zero attached hydrogens (tertiary/aromatic N) is 1. The molecule has 0 spiro atoms. The summed E-state index contributed by atoms with van der Waals surface area (Å²) in [5.74, 6) is -0.907. The summed E-state index contributed by atoms with van der Waals surface area (Å²) in [4.78, 5) is 25.7. The number of rotatable bonds is 8. The van der Waals surface area contributed by atoms with Crippen molar-refractivity contribution in [1.82, 2.24) is 10.2 Å². The predicted octanol–water partition coefficient (Wildman–Crippen LogP) is 1.20. The van der Waals surface area contributed by atoms with E-state index < -0.39 is 21.4 Å². The fraction of sp³-hybridized carbons (Fsp3) is 0.867. The summed E-state index contributed by atoms with van der Waals surface area (Å²) < 4.78 is 30.8. The van der Waals surface area contributed by atoms with Crippen LogP contribution in [0.15, 0.2) is 0 Å². The maximum Gasteiger partial charge on any atom is 0.267 e. The number of carbonyl (C=O) groups is 2. The molecule has 0 bridgehead atoms. The lowest BCUT2D eigenvalue weighted by Gasteiger charge is -2.28. The van der Waals surface area contributed by atoms with Crippen LogP contribution < -0.4 is 5.32 Å². The molecular weight excluding hydrogens is 320 g/mol. The third-order valence-corrected chi connectivity index (χ3v) is 5.20. The molecule has 2 atom stereocenters. The molecule has 1 heterocycles. The van der Waals surface area contributed by atoms with E-state index in [-0.39, 0.29) is 23.8 Å². The number of hydrogen-bond acceptors (Lipinski definition) is 4. The van der Waals surface area contributed by atoms with E-state index in [4.69, 9.17) is 4.55 Å². The Bertz CT molecular complexity index is 544. The minimum absolute atomic E-state index is 0.103. The SMILES string of the molecule is CC(CCC(C)N1CCCC1=O)C(=O)NC(C)(C)CS(=O)(=O)O. The molecule has 1 aliphatic rings. The summed E-state index contributed by atoms with van der Waals surface area (Å²) in [6, 6.07) is 0.103. The van der Waals surface area contributed by atoms with Gasteiger partial charge in [0.2, 0.25) is 11.8 Å². The number of likely N-dealkylation sites (tertiary alicyclic amines) is 1. The van der Waals surface area contributed by atoms with E-state index >= 15 is 0 Å². The molecule has 0 saturated carbocycles. The first kappa shape index (κ1) is 19.9. The van der Waals surface area contributed by atoms with E-state index in [1.807, 2.05) is 11.8 Å². The lowest BCUT2D eigenvalue weighted by molar-refractivity contribution is -0.129. The topological polar surface area (TPSA) is 104 Å². The molecule has 1 aliphatic heterocycles. The lowest BCUT2D eigenvalue weighted by atomic mass is 9.99. The molecule has 0 aliphatic carbocycles. The minimum Gasteiger partial charge on any atom is -0.350 e. The lowest BCUT2D eigenvalue weighted by Crippen LogP contribution is -2.50. The van der Waals surface area contributed by atoms with Gasteiger partial charge < -0.3 is 10.2 Å². The molecule has 2 N–H and O–H groups in total. The molecule has 7 nitrogen and oxygen atoms in total. The highest BCUT2D eigenvalue weighted by atomic mass is 32.2. The second kappa shape index (κ2) is 7.61. The van der Waals surface area contributed by atoms with Crippen molar-refractivity contribution in [3.05, 3.63) is 0 Å². The van der Waals surface area contributed by atoms with Gasteiger partial charge in [-0.3, -0.25) is 14.1 Å². The van der Waals surface area contributed by atoms with Gasteiger partial charge in [0.1, 0.15) is 0 Å². The second-order valence-electron chi connectivity index (χ2n) is 7.12. The van der Waals surface area contributed by atoms with Gasteiger partial charge in [0, 0.05) is 24.9 Å². The maximum atomic E-state index is 12.2. The van der Waals surface area contributed by atoms with Crippen LogP contribution in [0.5, 0.6) is 0 Å². The van der Waals surface area contributed by atoms with Crippen molar-refractivity contribution in [2.75, 3.05) is 12.3 Å². The Balaban J connectivity index is 2.46. The zero-order chi connectivity index (χ0) is 17.8. The molecule has 1 saturated heterocycles. The highest BCUT2D eigenvalue weighted by molar-refractivity contribution is 7.85. The molecule has 23 heavy (non-hydrogen) atoms. The van der Waals surface area contributed by atoms with E-state index in [1.54, 1.807) is 20.8 Å². The first-order valence-corrected chi connectivity index (χ1v) is 9.59. The first-order valence-electron chi connectivity index (χ1n) is 7.98. The summed E-state index contributed by atoms with van der Waals surface area (Å²) in [6.45, 7) is 7.64. The number of carbonyl (C=O) groups excluding carboxylic acids is 2. The summed E-state index contributed by atoms with van der Waals surface area (Å²) >= 11 is 0. The van der Waals surface area contributed by atoms with E-state index in [0.717, 1.165) is 19.4 Å². The quantitative estimate of drug-likeness (QED) is 0.641. The molecule has 2 amide bonds. The van der Waals surface area contributed by atoms with Crippen LogP contribution in [-0.2, 0) is 19.7 Å². The van der Waals surface area contributed by atoms with Crippen LogP contribution in [0.2, 0.25) is 0 Å². The molecule has 1 fully saturated rings. The van der Waals surface area contributed by atoms with Gasteiger partial charge in [-0.2, -0.15) is 8.42 Å². The molecular formula is C15H28N2O5S. The summed E-state index contributed by atoms with van der Waals surface area (Å²) in [5, 5.41) is 2.66. The fourth-order valence-electron chi connectivity index (χ4n) is 2.86. The van der Waals surface area contributed by atoms with Crippen LogP contribution >= 0.6 is 0 Å². The normalized spacial score (nSPS) is 18.8. The number of nitrogens with one attached hydrogen (secondary N) is 1. The van der Waals surface area contributed by atoms with Gasteiger partial charge in [-0.1, -0.05) is 6.92 Å². The molecule has 0 aromatic heterocycles. The van der Waals surface area contributed by atoms with Crippen LogP contribution in [0.25, 0.3) is 0 Å². The Labute approximate surface area is 138 Å². The largest absolute Gasteiger partial charge is 0.350 e. The minimum atomic E-state index is -4.15. The van der Waals surface area contributed by atoms with Crippen LogP contribution in [0.4, 0.5) is 0 Å². The van der Waals surface area contributed by atoms with Gasteiger partial charge in [0.25, 0.3) is 10.1 Å². The van der Waals surface area contributed by atoms with Crippen LogP contribution in [0.3, 0.4) is 0 Å². The van der Waals surface area contributed by atoms with Gasteiger partial charge in [-0.25, -0.2) is 0 Å². The Morgan fingerprint density at radius 1 is 1.35 bits per heavy atom. The molecule has 1 rings (SSSR count). The first-order chi connectivity index (χ1) is 10.4. The van der Waals surface area contributed by atoms with Gasteiger partial charge in [0.15, 0.2) is 0 Å². The summed E-state index contributed by atoms with van der Waals surface area (Å²) in [6.07, 6.45) is 2.82. The third-order valence-electron chi connectivity index (χ3n) is 4.11. The van der Waals surface area contributed by atoms with Gasteiger partial charge >= 0.3 is 0 Å². The molecule has 8 heteroatoms. The van der Waals surface area contributed by atoms with Crippen molar-refractivity contribution in [3.63, 3.8) is 0 Å². The van der Waals surface area contributed by atoms with Crippen molar-refractivity contribution in [2.45, 2.75) is 65.0 Å². The van der Waals surface area contributed by atoms with Gasteiger partial charge in [-0.15, -0.1) is 0 Å². The molecule has 2 unspecified atom stereocenters. The standard InChI is InChI=1S/C15H28N2O5S/c1-11(7-8-12(2)17-9-5-6-13(17)18)14(19)16-15(3,4)10-23(20,21)22/h11-12H,5-10H2,1-4H3,(H,16,19)(H,20,21,22). The highest BCUT2D eigenvalue weighted by Gasteiger charge is 2.29. The van der Waals surface area contributed by atoms with E-state index in [2.05, 4.69) is 5.32 Å². The van der Waals surface area contributed by atoms with Gasteiger partial charge in [-0.05, 0) is 40.0 Å². The van der Waals surface area contributed by atoms with Crippen molar-refractivity contribution < 1.29 is 22.6 Å². The van der Waals surface area contributed by atoms with Crippen molar-refractivity contribution in [1.29, 1.82) is 0 Å². The Morgan fingerprint density at radius 2 is 1.96 bits per heavy atom. The van der Waals surface area contributed by atoms with Crippen molar-refractivity contribution in [3.8, 4) is 0 Å². The molecule has 0 aromatic rings. The second-order valence-corrected chi connectivity index (χ2v) is 8.57. The summed E-state index contributed by atoms with van der Waals surface area (Å²) in [7, 11) is -4.15. The Morgan fingerprint density at radius 3 is 2.43 bits per heavy atom. The van der Waals surface area contributed by atoms with Crippen molar-refractivity contribution in [2.24, 2.45) is 5.92 Å². The predicted molar refractivity (Wildman–Crippen MR) is 87.4 cm³/mol. The Hall–Kier alpha value is -1.15. The molecule has 0 aromatic carbocycles. The number of hydrogen-bond donors (Lipinski definition) is 2. The smallest absolute Gasteiger partial charge is 0.267 e.